The molecule has 1 rings (SSSR count). The van der Waals surface area contributed by atoms with Crippen LogP contribution in [0.25, 0.3) is 0 Å². The predicted molar refractivity (Wildman–Crippen MR) is 36.5 cm³/mol. The molecule has 62 valence electrons. The van der Waals surface area contributed by atoms with Gasteiger partial charge in [0.1, 0.15) is 0 Å². The van der Waals surface area contributed by atoms with Gasteiger partial charge in [0.15, 0.2) is 0 Å². The van der Waals surface area contributed by atoms with E-state index >= 15 is 0 Å². The van der Waals surface area contributed by atoms with E-state index in [9.17, 15) is 0 Å². The summed E-state index contributed by atoms with van der Waals surface area (Å²) in [4.78, 5) is 32.5. The van der Waals surface area contributed by atoms with Crippen molar-refractivity contribution in [2.45, 2.75) is 0 Å². The van der Waals surface area contributed by atoms with Crippen LogP contribution in [0.3, 0.4) is 0 Å². The van der Waals surface area contributed by atoms with E-state index in [0.29, 0.717) is 0 Å². The van der Waals surface area contributed by atoms with Crippen molar-refractivity contribution < 1.29 is 19.2 Å². The van der Waals surface area contributed by atoms with Gasteiger partial charge in [-0.25, -0.2) is 0 Å². The van der Waals surface area contributed by atoms with Gasteiger partial charge in [0.2, 0.25) is 0 Å². The summed E-state index contributed by atoms with van der Waals surface area (Å²) in [6.07, 6.45) is 0.500. The van der Waals surface area contributed by atoms with Crippen molar-refractivity contribution in [3.63, 3.8) is 0 Å². The van der Waals surface area contributed by atoms with Crippen LogP contribution in [0.2, 0.25) is 0 Å². The van der Waals surface area contributed by atoms with Gasteiger partial charge >= 0.3 is 12.3 Å². The van der Waals surface area contributed by atoms with Crippen molar-refractivity contribution in [2.75, 3.05) is 0 Å². The highest BCUT2D eigenvalue weighted by molar-refractivity contribution is 5.20. The van der Waals surface area contributed by atoms with E-state index in [-0.39, 0.29) is 12.3 Å². The Morgan fingerprint density at radius 1 is 0.500 bits per heavy atom. The van der Waals surface area contributed by atoms with Gasteiger partial charge in [-0.05, 0) is 0 Å². The maximum Gasteiger partial charge on any atom is 0.373 e. The molecule has 4 nitrogen and oxygen atoms in total. The fourth-order valence-corrected chi connectivity index (χ4v) is 0.385. The number of rotatable bonds is 0. The van der Waals surface area contributed by atoms with Gasteiger partial charge in [-0.1, -0.05) is 36.4 Å². The van der Waals surface area contributed by atoms with Crippen LogP contribution in [0.15, 0.2) is 36.4 Å². The Hall–Kier alpha value is -2.02. The molecule has 0 fully saturated rings. The third kappa shape index (κ3) is 24.5. The van der Waals surface area contributed by atoms with E-state index in [4.69, 9.17) is 19.2 Å². The van der Waals surface area contributed by atoms with E-state index in [1.54, 1.807) is 0 Å². The summed E-state index contributed by atoms with van der Waals surface area (Å²) in [6, 6.07) is 12.0. The van der Waals surface area contributed by atoms with Crippen LogP contribution in [0.4, 0.5) is 0 Å². The standard InChI is InChI=1S/C6H6.2CO2/c1-2-4-6-5-3-1;2*2-1-3/h1-6H;;. The highest BCUT2D eigenvalue weighted by Crippen LogP contribution is 1.79. The molecular weight excluding hydrogens is 160 g/mol. The summed E-state index contributed by atoms with van der Waals surface area (Å²) in [7, 11) is 0. The molecule has 0 aromatic heterocycles. The molecule has 12 heavy (non-hydrogen) atoms. The lowest BCUT2D eigenvalue weighted by atomic mass is 10.4. The molecule has 0 aliphatic carbocycles. The van der Waals surface area contributed by atoms with E-state index in [0.717, 1.165) is 0 Å². The summed E-state index contributed by atoms with van der Waals surface area (Å²) in [5, 5.41) is 0. The zero-order valence-corrected chi connectivity index (χ0v) is 6.10. The van der Waals surface area contributed by atoms with Gasteiger partial charge in [-0.2, -0.15) is 19.2 Å². The van der Waals surface area contributed by atoms with Crippen LogP contribution < -0.4 is 0 Å². The number of hydrogen-bond acceptors (Lipinski definition) is 4. The molecule has 0 N–H and O–H groups in total. The van der Waals surface area contributed by atoms with Gasteiger partial charge in [-0.15, -0.1) is 0 Å². The molecule has 1 aromatic carbocycles. The topological polar surface area (TPSA) is 68.3 Å². The first kappa shape index (κ1) is 12.6. The number of benzene rings is 1. The van der Waals surface area contributed by atoms with Crippen molar-refractivity contribution in [3.05, 3.63) is 36.4 Å². The maximum atomic E-state index is 8.12. The SMILES string of the molecule is O=C=O.O=C=O.c1ccccc1. The molecule has 0 saturated heterocycles. The molecule has 1 aromatic rings. The lowest BCUT2D eigenvalue weighted by Crippen LogP contribution is -1.47. The van der Waals surface area contributed by atoms with E-state index < -0.39 is 0 Å². The molecule has 0 saturated carbocycles. The summed E-state index contributed by atoms with van der Waals surface area (Å²) >= 11 is 0. The Kier molecular flexibility index (Phi) is 16.8. The van der Waals surface area contributed by atoms with Crippen molar-refractivity contribution in [1.29, 1.82) is 0 Å². The first-order chi connectivity index (χ1) is 5.83. The minimum absolute atomic E-state index is 0.250. The maximum absolute atomic E-state index is 8.12. The molecule has 0 amide bonds. The molecule has 0 spiro atoms. The predicted octanol–water partition coefficient (Wildman–Crippen LogP) is 0.520. The minimum Gasteiger partial charge on any atom is -0.186 e. The monoisotopic (exact) mass is 166 g/mol. The van der Waals surface area contributed by atoms with E-state index in [2.05, 4.69) is 0 Å². The Morgan fingerprint density at radius 2 is 0.583 bits per heavy atom. The van der Waals surface area contributed by atoms with Crippen LogP contribution >= 0.6 is 0 Å². The van der Waals surface area contributed by atoms with Crippen molar-refractivity contribution in [2.24, 2.45) is 0 Å². The van der Waals surface area contributed by atoms with Gasteiger partial charge < -0.3 is 0 Å². The third-order valence-corrected chi connectivity index (χ3v) is 0.667. The quantitative estimate of drug-likeness (QED) is 0.563. The molecule has 0 unspecified atom stereocenters. The normalized spacial score (nSPS) is 5.33. The molecular formula is C8H6O4. The molecule has 0 aliphatic rings. The van der Waals surface area contributed by atoms with E-state index in [1.165, 1.54) is 0 Å². The van der Waals surface area contributed by atoms with Gasteiger partial charge in [0.05, 0.1) is 0 Å². The van der Waals surface area contributed by atoms with Crippen LogP contribution in [-0.2, 0) is 19.2 Å². The van der Waals surface area contributed by atoms with Crippen molar-refractivity contribution in [1.82, 2.24) is 0 Å². The lowest BCUT2D eigenvalue weighted by molar-refractivity contribution is -0.193. The highest BCUT2D eigenvalue weighted by atomic mass is 16.2. The Labute approximate surface area is 68.8 Å². The molecule has 0 bridgehead atoms. The molecule has 0 heterocycles. The minimum atomic E-state index is 0.250. The highest BCUT2D eigenvalue weighted by Gasteiger charge is 1.57. The zero-order chi connectivity index (χ0) is 9.66. The average molecular weight is 166 g/mol. The van der Waals surface area contributed by atoms with E-state index in [1.807, 2.05) is 36.4 Å². The van der Waals surface area contributed by atoms with Crippen LogP contribution in [0, 0.1) is 0 Å². The summed E-state index contributed by atoms with van der Waals surface area (Å²) in [6.45, 7) is 0. The van der Waals surface area contributed by atoms with Crippen LogP contribution in [-0.4, -0.2) is 12.3 Å². The fourth-order valence-electron chi connectivity index (χ4n) is 0.385. The van der Waals surface area contributed by atoms with Gasteiger partial charge in [-0.3, -0.25) is 0 Å². The second kappa shape index (κ2) is 16.0. The van der Waals surface area contributed by atoms with Crippen LogP contribution in [0.5, 0.6) is 0 Å². The van der Waals surface area contributed by atoms with Crippen molar-refractivity contribution in [3.8, 4) is 0 Å². The second-order valence-electron chi connectivity index (χ2n) is 1.32. The molecule has 0 atom stereocenters. The summed E-state index contributed by atoms with van der Waals surface area (Å²) < 4.78 is 0. The zero-order valence-electron chi connectivity index (χ0n) is 6.10. The van der Waals surface area contributed by atoms with Gasteiger partial charge in [0, 0.05) is 0 Å². The Morgan fingerprint density at radius 3 is 0.667 bits per heavy atom. The average Bonchev–Trinajstić information content (AvgIpc) is 2.10. The Bertz CT molecular complexity index is 192. The first-order valence-electron chi connectivity index (χ1n) is 2.82. The molecule has 4 heteroatoms. The number of hydrogen-bond donors (Lipinski definition) is 0. The summed E-state index contributed by atoms with van der Waals surface area (Å²) in [5.74, 6) is 0. The number of carbonyl (C=O) groups excluding carboxylic acids is 4. The second-order valence-corrected chi connectivity index (χ2v) is 1.32. The largest absolute Gasteiger partial charge is 0.373 e. The van der Waals surface area contributed by atoms with Crippen LogP contribution in [0.1, 0.15) is 0 Å². The Balaban J connectivity index is 0. The molecule has 0 radical (unpaired) electrons. The fraction of sp³-hybridized carbons (Fsp3) is 0. The third-order valence-electron chi connectivity index (χ3n) is 0.667. The summed E-state index contributed by atoms with van der Waals surface area (Å²) in [5.41, 5.74) is 0. The first-order valence-corrected chi connectivity index (χ1v) is 2.82. The lowest BCUT2D eigenvalue weighted by Gasteiger charge is -1.69. The van der Waals surface area contributed by atoms with Crippen molar-refractivity contribution >= 4 is 12.3 Å². The van der Waals surface area contributed by atoms with Gasteiger partial charge in [0.25, 0.3) is 0 Å². The molecule has 0 aliphatic heterocycles. The smallest absolute Gasteiger partial charge is 0.186 e.